The van der Waals surface area contributed by atoms with Crippen molar-refractivity contribution in [3.63, 3.8) is 0 Å². The number of likely N-dealkylation sites (N-methyl/N-ethyl adjacent to an activating group) is 1. The zero-order valence-corrected chi connectivity index (χ0v) is 16.4. The molecule has 2 aromatic rings. The van der Waals surface area contributed by atoms with E-state index in [2.05, 4.69) is 0 Å². The second kappa shape index (κ2) is 8.42. The van der Waals surface area contributed by atoms with E-state index in [1.54, 1.807) is 24.8 Å². The smallest absolute Gasteiger partial charge is 0.267 e. The van der Waals surface area contributed by atoms with Gasteiger partial charge in [0.05, 0.1) is 11.4 Å². The largest absolute Gasteiger partial charge is 0.481 e. The molecular weight excluding hydrogens is 359 g/mol. The summed E-state index contributed by atoms with van der Waals surface area (Å²) in [7, 11) is 1.88. The molecule has 6 heteroatoms. The van der Waals surface area contributed by atoms with Crippen molar-refractivity contribution in [1.82, 2.24) is 0 Å². The van der Waals surface area contributed by atoms with Crippen LogP contribution < -0.4 is 14.5 Å². The number of hydrogen-bond donors (Lipinski definition) is 0. The molecule has 1 amide bonds. The quantitative estimate of drug-likeness (QED) is 0.764. The molecule has 0 saturated carbocycles. The zero-order chi connectivity index (χ0) is 20.3. The van der Waals surface area contributed by atoms with E-state index in [0.717, 1.165) is 5.56 Å². The normalized spacial score (nSPS) is 14.4. The Morgan fingerprint density at radius 1 is 1.11 bits per heavy atom. The molecule has 0 N–H and O–H groups in total. The molecule has 3 rings (SSSR count). The van der Waals surface area contributed by atoms with Gasteiger partial charge in [-0.2, -0.15) is 0 Å². The summed E-state index contributed by atoms with van der Waals surface area (Å²) in [5.74, 6) is 0.267. The molecule has 0 aromatic heterocycles. The van der Waals surface area contributed by atoms with Gasteiger partial charge < -0.3 is 19.3 Å². The van der Waals surface area contributed by atoms with Crippen molar-refractivity contribution in [2.45, 2.75) is 32.8 Å². The van der Waals surface area contributed by atoms with Gasteiger partial charge in [0.2, 0.25) is 0 Å². The Morgan fingerprint density at radius 2 is 1.82 bits per heavy atom. The number of fused-ring (bicyclic) bond motifs is 1. The van der Waals surface area contributed by atoms with Crippen molar-refractivity contribution in [1.29, 1.82) is 0 Å². The first kappa shape index (κ1) is 19.9. The summed E-state index contributed by atoms with van der Waals surface area (Å²) < 4.78 is 19.4. The van der Waals surface area contributed by atoms with Crippen molar-refractivity contribution in [2.24, 2.45) is 0 Å². The van der Waals surface area contributed by atoms with Gasteiger partial charge in [-0.15, -0.1) is 0 Å². The monoisotopic (exact) mass is 384 g/mol. The van der Waals surface area contributed by atoms with Crippen LogP contribution in [0.5, 0.6) is 5.75 Å². The Morgan fingerprint density at radius 3 is 2.50 bits per heavy atom. The van der Waals surface area contributed by atoms with Crippen LogP contribution in [-0.2, 0) is 16.0 Å². The minimum Gasteiger partial charge on any atom is -0.481 e. The predicted octanol–water partition coefficient (Wildman–Crippen LogP) is 3.60. The third-order valence-electron chi connectivity index (χ3n) is 4.91. The van der Waals surface area contributed by atoms with Gasteiger partial charge in [0.1, 0.15) is 17.3 Å². The number of ketones is 1. The van der Waals surface area contributed by atoms with Crippen LogP contribution in [0.1, 0.15) is 25.8 Å². The summed E-state index contributed by atoms with van der Waals surface area (Å²) in [5, 5.41) is 0. The molecule has 1 aliphatic heterocycles. The molecule has 28 heavy (non-hydrogen) atoms. The van der Waals surface area contributed by atoms with Gasteiger partial charge in [-0.25, -0.2) is 4.39 Å². The summed E-state index contributed by atoms with van der Waals surface area (Å²) in [6.45, 7) is 4.44. The summed E-state index contributed by atoms with van der Waals surface area (Å²) >= 11 is 0. The van der Waals surface area contributed by atoms with Gasteiger partial charge in [0, 0.05) is 26.6 Å². The van der Waals surface area contributed by atoms with Crippen LogP contribution in [0.15, 0.2) is 42.5 Å². The highest BCUT2D eigenvalue weighted by atomic mass is 19.1. The number of hydrogen-bond acceptors (Lipinski definition) is 4. The second-order valence-corrected chi connectivity index (χ2v) is 7.15. The van der Waals surface area contributed by atoms with Gasteiger partial charge in [-0.05, 0) is 56.2 Å². The molecule has 0 saturated heterocycles. The molecule has 148 valence electrons. The summed E-state index contributed by atoms with van der Waals surface area (Å²) in [6, 6.07) is 11.9. The highest BCUT2D eigenvalue weighted by molar-refractivity contribution is 6.00. The Kier molecular flexibility index (Phi) is 5.97. The Hall–Kier alpha value is -2.89. The Labute approximate surface area is 164 Å². The number of carbonyl (C=O) groups is 2. The molecule has 1 heterocycles. The predicted molar refractivity (Wildman–Crippen MR) is 108 cm³/mol. The van der Waals surface area contributed by atoms with Crippen molar-refractivity contribution in [3.8, 4) is 5.75 Å². The lowest BCUT2D eigenvalue weighted by molar-refractivity contribution is -0.124. The minimum atomic E-state index is -0.677. The molecule has 1 aliphatic rings. The first-order valence-electron chi connectivity index (χ1n) is 9.42. The van der Waals surface area contributed by atoms with Gasteiger partial charge in [-0.1, -0.05) is 12.1 Å². The van der Waals surface area contributed by atoms with Crippen molar-refractivity contribution < 1.29 is 18.7 Å². The third-order valence-corrected chi connectivity index (χ3v) is 4.91. The van der Waals surface area contributed by atoms with Gasteiger partial charge in [0.25, 0.3) is 5.91 Å². The maximum Gasteiger partial charge on any atom is 0.267 e. The molecule has 0 spiro atoms. The minimum absolute atomic E-state index is 0.159. The first-order valence-corrected chi connectivity index (χ1v) is 9.42. The van der Waals surface area contributed by atoms with Crippen molar-refractivity contribution in [3.05, 3.63) is 53.8 Å². The summed E-state index contributed by atoms with van der Waals surface area (Å²) in [4.78, 5) is 27.6. The molecule has 5 nitrogen and oxygen atoms in total. The Bertz CT molecular complexity index is 867. The number of carbonyl (C=O) groups excluding carboxylic acids is 2. The molecule has 1 unspecified atom stereocenters. The first-order chi connectivity index (χ1) is 13.3. The van der Waals surface area contributed by atoms with Crippen LogP contribution in [0.25, 0.3) is 0 Å². The number of halogens is 1. The average molecular weight is 384 g/mol. The standard InChI is InChI=1S/C22H25FN2O3/c1-15(26)4-5-17-6-9-19(10-7-17)28-16(2)22(27)25-13-12-24(3)21-14-18(23)8-11-20(21)25/h6-11,14,16H,4-5,12-13H2,1-3H3. The van der Waals surface area contributed by atoms with Crippen LogP contribution in [-0.4, -0.2) is 37.9 Å². The molecule has 0 bridgehead atoms. The van der Waals surface area contributed by atoms with Gasteiger partial charge in [0.15, 0.2) is 6.10 Å². The molecule has 2 aromatic carbocycles. The number of amides is 1. The topological polar surface area (TPSA) is 49.9 Å². The lowest BCUT2D eigenvalue weighted by atomic mass is 10.1. The van der Waals surface area contributed by atoms with E-state index in [-0.39, 0.29) is 17.5 Å². The fourth-order valence-electron chi connectivity index (χ4n) is 3.28. The van der Waals surface area contributed by atoms with Crippen LogP contribution in [0.3, 0.4) is 0 Å². The number of rotatable bonds is 6. The maximum absolute atomic E-state index is 13.6. The SMILES string of the molecule is CC(=O)CCc1ccc(OC(C)C(=O)N2CCN(C)c3cc(F)ccc32)cc1. The molecular formula is C22H25FN2O3. The van der Waals surface area contributed by atoms with E-state index in [0.29, 0.717) is 43.1 Å². The molecule has 0 fully saturated rings. The maximum atomic E-state index is 13.6. The fourth-order valence-corrected chi connectivity index (χ4v) is 3.28. The lowest BCUT2D eigenvalue weighted by Crippen LogP contribution is -2.47. The number of benzene rings is 2. The molecule has 0 aliphatic carbocycles. The number of Topliss-reactive ketones (excluding diaryl/α,β-unsaturated/α-hetero) is 1. The second-order valence-electron chi connectivity index (χ2n) is 7.15. The van der Waals surface area contributed by atoms with Crippen molar-refractivity contribution >= 4 is 23.1 Å². The molecule has 1 atom stereocenters. The van der Waals surface area contributed by atoms with E-state index in [4.69, 9.17) is 4.74 Å². The van der Waals surface area contributed by atoms with Crippen LogP contribution >= 0.6 is 0 Å². The highest BCUT2D eigenvalue weighted by Gasteiger charge is 2.29. The van der Waals surface area contributed by atoms with E-state index >= 15 is 0 Å². The highest BCUT2D eigenvalue weighted by Crippen LogP contribution is 2.33. The van der Waals surface area contributed by atoms with Crippen molar-refractivity contribution in [2.75, 3.05) is 29.9 Å². The molecule has 0 radical (unpaired) electrons. The third kappa shape index (κ3) is 4.50. The number of ether oxygens (including phenoxy) is 1. The Balaban J connectivity index is 1.68. The van der Waals surface area contributed by atoms with Gasteiger partial charge in [-0.3, -0.25) is 4.79 Å². The number of aryl methyl sites for hydroxylation is 1. The van der Waals surface area contributed by atoms with Crippen LogP contribution in [0.2, 0.25) is 0 Å². The zero-order valence-electron chi connectivity index (χ0n) is 16.4. The van der Waals surface area contributed by atoms with Gasteiger partial charge >= 0.3 is 0 Å². The lowest BCUT2D eigenvalue weighted by Gasteiger charge is -2.36. The van der Waals surface area contributed by atoms with E-state index < -0.39 is 6.10 Å². The fraction of sp³-hybridized carbons (Fsp3) is 0.364. The van der Waals surface area contributed by atoms with Crippen LogP contribution in [0.4, 0.5) is 15.8 Å². The van der Waals surface area contributed by atoms with E-state index in [9.17, 15) is 14.0 Å². The van der Waals surface area contributed by atoms with E-state index in [1.165, 1.54) is 12.1 Å². The number of anilines is 2. The van der Waals surface area contributed by atoms with E-state index in [1.807, 2.05) is 36.2 Å². The summed E-state index contributed by atoms with van der Waals surface area (Å²) in [6.07, 6.45) is 0.529. The average Bonchev–Trinajstić information content (AvgIpc) is 2.67. The van der Waals surface area contributed by atoms with Crippen LogP contribution in [0, 0.1) is 5.82 Å². The summed E-state index contributed by atoms with van der Waals surface area (Å²) in [5.41, 5.74) is 2.44. The number of nitrogens with zero attached hydrogens (tertiary/aromatic N) is 2.